The van der Waals surface area contributed by atoms with Gasteiger partial charge in [-0.05, 0) is 44.6 Å². The second kappa shape index (κ2) is 5.70. The SMILES string of the molecule is CCC1CNCCC1(O)C1CCCC(S(C)(=O)=O)C1. The molecule has 0 amide bonds. The highest BCUT2D eigenvalue weighted by Crippen LogP contribution is 2.42. The molecule has 112 valence electrons. The summed E-state index contributed by atoms with van der Waals surface area (Å²) in [4.78, 5) is 0. The summed E-state index contributed by atoms with van der Waals surface area (Å²) in [5.74, 6) is 0.401. The zero-order chi connectivity index (χ0) is 14.1. The molecule has 2 N–H and O–H groups in total. The first-order valence-corrected chi connectivity index (χ1v) is 9.45. The Labute approximate surface area is 116 Å². The van der Waals surface area contributed by atoms with Gasteiger partial charge in [0.1, 0.15) is 9.84 Å². The van der Waals surface area contributed by atoms with Crippen LogP contribution in [0.2, 0.25) is 0 Å². The number of hydrogen-bond donors (Lipinski definition) is 2. The Balaban J connectivity index is 2.15. The fourth-order valence-electron chi connectivity index (χ4n) is 3.97. The lowest BCUT2D eigenvalue weighted by Gasteiger charge is -2.48. The third kappa shape index (κ3) is 3.14. The molecule has 0 aromatic heterocycles. The smallest absolute Gasteiger partial charge is 0.150 e. The van der Waals surface area contributed by atoms with Crippen LogP contribution in [0.4, 0.5) is 0 Å². The monoisotopic (exact) mass is 289 g/mol. The standard InChI is InChI=1S/C14H27NO3S/c1-3-11-10-15-8-7-14(11,16)12-5-4-6-13(9-12)19(2,17)18/h11-13,15-16H,3-10H2,1-2H3. The van der Waals surface area contributed by atoms with Gasteiger partial charge in [-0.25, -0.2) is 8.42 Å². The number of sulfone groups is 1. The van der Waals surface area contributed by atoms with Gasteiger partial charge in [0.2, 0.25) is 0 Å². The maximum atomic E-state index is 11.8. The van der Waals surface area contributed by atoms with Crippen LogP contribution < -0.4 is 5.32 Å². The Morgan fingerprint density at radius 3 is 2.74 bits per heavy atom. The quantitative estimate of drug-likeness (QED) is 0.823. The fraction of sp³-hybridized carbons (Fsp3) is 1.00. The molecule has 1 aliphatic carbocycles. The van der Waals surface area contributed by atoms with Crippen LogP contribution in [-0.2, 0) is 9.84 Å². The Bertz CT molecular complexity index is 409. The van der Waals surface area contributed by atoms with Gasteiger partial charge in [0.15, 0.2) is 0 Å². The lowest BCUT2D eigenvalue weighted by molar-refractivity contribution is -0.0987. The Morgan fingerprint density at radius 1 is 1.37 bits per heavy atom. The molecule has 2 rings (SSSR count). The number of hydrogen-bond acceptors (Lipinski definition) is 4. The molecule has 1 heterocycles. The van der Waals surface area contributed by atoms with E-state index in [0.29, 0.717) is 6.42 Å². The van der Waals surface area contributed by atoms with E-state index in [9.17, 15) is 13.5 Å². The molecule has 1 saturated heterocycles. The van der Waals surface area contributed by atoms with E-state index >= 15 is 0 Å². The molecule has 0 spiro atoms. The number of nitrogens with one attached hydrogen (secondary N) is 1. The van der Waals surface area contributed by atoms with E-state index < -0.39 is 15.4 Å². The van der Waals surface area contributed by atoms with Crippen molar-refractivity contribution >= 4 is 9.84 Å². The normalized spacial score (nSPS) is 41.1. The molecule has 0 aromatic rings. The van der Waals surface area contributed by atoms with E-state index in [1.165, 1.54) is 6.26 Å². The van der Waals surface area contributed by atoms with Crippen molar-refractivity contribution < 1.29 is 13.5 Å². The summed E-state index contributed by atoms with van der Waals surface area (Å²) in [6.07, 6.45) is 6.35. The van der Waals surface area contributed by atoms with Crippen molar-refractivity contribution in [2.45, 2.75) is 56.3 Å². The van der Waals surface area contributed by atoms with Crippen LogP contribution in [0.15, 0.2) is 0 Å². The summed E-state index contributed by atoms with van der Waals surface area (Å²) in [5, 5.41) is 14.2. The molecule has 0 radical (unpaired) electrons. The minimum Gasteiger partial charge on any atom is -0.389 e. The highest BCUT2D eigenvalue weighted by molar-refractivity contribution is 7.91. The fourth-order valence-corrected chi connectivity index (χ4v) is 5.15. The van der Waals surface area contributed by atoms with E-state index in [-0.39, 0.29) is 17.1 Å². The predicted molar refractivity (Wildman–Crippen MR) is 76.8 cm³/mol. The van der Waals surface area contributed by atoms with Gasteiger partial charge >= 0.3 is 0 Å². The zero-order valence-corrected chi connectivity index (χ0v) is 12.9. The predicted octanol–water partition coefficient (Wildman–Crippen LogP) is 1.34. The summed E-state index contributed by atoms with van der Waals surface area (Å²) in [6, 6.07) is 0. The average molecular weight is 289 g/mol. The number of piperidine rings is 1. The molecular weight excluding hydrogens is 262 g/mol. The van der Waals surface area contributed by atoms with Crippen molar-refractivity contribution in [3.05, 3.63) is 0 Å². The Morgan fingerprint density at radius 2 is 2.11 bits per heavy atom. The van der Waals surface area contributed by atoms with E-state index in [1.807, 2.05) is 0 Å². The first-order chi connectivity index (χ1) is 8.88. The molecule has 4 nitrogen and oxygen atoms in total. The molecule has 1 aliphatic heterocycles. The maximum Gasteiger partial charge on any atom is 0.150 e. The van der Waals surface area contributed by atoms with Gasteiger partial charge in [0, 0.05) is 18.7 Å². The van der Waals surface area contributed by atoms with Crippen LogP contribution in [0.5, 0.6) is 0 Å². The minimum atomic E-state index is -2.98. The van der Waals surface area contributed by atoms with Gasteiger partial charge in [0.25, 0.3) is 0 Å². The topological polar surface area (TPSA) is 66.4 Å². The summed E-state index contributed by atoms with van der Waals surface area (Å²) in [5.41, 5.74) is -0.663. The van der Waals surface area contributed by atoms with Gasteiger partial charge in [-0.2, -0.15) is 0 Å². The van der Waals surface area contributed by atoms with Gasteiger partial charge in [-0.15, -0.1) is 0 Å². The molecule has 5 heteroatoms. The van der Waals surface area contributed by atoms with Crippen LogP contribution in [0.1, 0.15) is 45.4 Å². The Hall–Kier alpha value is -0.130. The van der Waals surface area contributed by atoms with Crippen molar-refractivity contribution in [2.75, 3.05) is 19.3 Å². The van der Waals surface area contributed by atoms with Crippen LogP contribution in [0, 0.1) is 11.8 Å². The van der Waals surface area contributed by atoms with Crippen LogP contribution in [0.25, 0.3) is 0 Å². The second-order valence-electron chi connectivity index (χ2n) is 6.37. The number of rotatable bonds is 3. The van der Waals surface area contributed by atoms with E-state index in [2.05, 4.69) is 12.2 Å². The van der Waals surface area contributed by atoms with Crippen molar-refractivity contribution in [1.82, 2.24) is 5.32 Å². The highest BCUT2D eigenvalue weighted by atomic mass is 32.2. The third-order valence-electron chi connectivity index (χ3n) is 5.23. The molecule has 0 aromatic carbocycles. The first kappa shape index (κ1) is 15.3. The lowest BCUT2D eigenvalue weighted by Crippen LogP contribution is -2.56. The van der Waals surface area contributed by atoms with E-state index in [4.69, 9.17) is 0 Å². The largest absolute Gasteiger partial charge is 0.389 e. The molecule has 19 heavy (non-hydrogen) atoms. The highest BCUT2D eigenvalue weighted by Gasteiger charge is 2.46. The number of aliphatic hydroxyl groups is 1. The second-order valence-corrected chi connectivity index (χ2v) is 8.69. The Kier molecular flexibility index (Phi) is 4.58. The molecule has 0 bridgehead atoms. The van der Waals surface area contributed by atoms with Crippen LogP contribution in [0.3, 0.4) is 0 Å². The first-order valence-electron chi connectivity index (χ1n) is 7.50. The van der Waals surface area contributed by atoms with Crippen LogP contribution >= 0.6 is 0 Å². The third-order valence-corrected chi connectivity index (χ3v) is 6.87. The maximum absolute atomic E-state index is 11.8. The van der Waals surface area contributed by atoms with Gasteiger partial charge < -0.3 is 10.4 Å². The van der Waals surface area contributed by atoms with Crippen LogP contribution in [-0.4, -0.2) is 43.7 Å². The average Bonchev–Trinajstić information content (AvgIpc) is 2.38. The zero-order valence-electron chi connectivity index (χ0n) is 12.1. The summed E-state index contributed by atoms with van der Waals surface area (Å²) < 4.78 is 23.6. The molecule has 4 atom stereocenters. The van der Waals surface area contributed by atoms with Gasteiger partial charge in [-0.1, -0.05) is 13.3 Å². The molecule has 4 unspecified atom stereocenters. The molecule has 2 aliphatic rings. The molecule has 1 saturated carbocycles. The summed E-state index contributed by atoms with van der Waals surface area (Å²) in [6.45, 7) is 3.81. The van der Waals surface area contributed by atoms with Crippen molar-refractivity contribution in [1.29, 1.82) is 0 Å². The van der Waals surface area contributed by atoms with Gasteiger partial charge in [-0.3, -0.25) is 0 Å². The minimum absolute atomic E-state index is 0.146. The van der Waals surface area contributed by atoms with Crippen molar-refractivity contribution in [3.8, 4) is 0 Å². The van der Waals surface area contributed by atoms with Crippen molar-refractivity contribution in [2.24, 2.45) is 11.8 Å². The van der Waals surface area contributed by atoms with E-state index in [0.717, 1.165) is 45.2 Å². The van der Waals surface area contributed by atoms with Gasteiger partial charge in [0.05, 0.1) is 10.9 Å². The molecular formula is C14H27NO3S. The summed E-state index contributed by atoms with van der Waals surface area (Å²) >= 11 is 0. The van der Waals surface area contributed by atoms with Crippen molar-refractivity contribution in [3.63, 3.8) is 0 Å². The molecule has 2 fully saturated rings. The lowest BCUT2D eigenvalue weighted by atomic mass is 9.66. The summed E-state index contributed by atoms with van der Waals surface area (Å²) in [7, 11) is -2.98. The van der Waals surface area contributed by atoms with E-state index in [1.54, 1.807) is 0 Å².